The van der Waals surface area contributed by atoms with Gasteiger partial charge in [0.15, 0.2) is 0 Å². The summed E-state index contributed by atoms with van der Waals surface area (Å²) in [5.74, 6) is -2.95. The van der Waals surface area contributed by atoms with E-state index in [2.05, 4.69) is 0 Å². The standard InChI is InChI=1S/C22H19F3N2O6S2/c23-22(24,25)15-9-14(33-13-4-1-11(2-5-13)7-16(26)20(31)32)6-3-12(15)8-17-19(30)27(10-18(28)29)21(34)35-17/h1-6,9,16-17H,7-8,10,26H2,(H,28,29)(H,31,32)/t16-,17?/m0/s1. The number of thioether (sulfide) groups is 1. The average molecular weight is 529 g/mol. The number of nitrogens with two attached hydrogens (primary N) is 1. The molecule has 35 heavy (non-hydrogen) atoms. The van der Waals surface area contributed by atoms with E-state index < -0.39 is 47.4 Å². The molecule has 4 N–H and O–H groups in total. The van der Waals surface area contributed by atoms with Crippen molar-refractivity contribution >= 4 is 46.1 Å². The van der Waals surface area contributed by atoms with E-state index in [1.807, 2.05) is 0 Å². The Morgan fingerprint density at radius 2 is 1.77 bits per heavy atom. The second-order valence-corrected chi connectivity index (χ2v) is 9.44. The molecule has 0 aromatic heterocycles. The van der Waals surface area contributed by atoms with Crippen molar-refractivity contribution in [2.24, 2.45) is 5.73 Å². The first kappa shape index (κ1) is 26.4. The summed E-state index contributed by atoms with van der Waals surface area (Å²) in [5.41, 5.74) is 4.96. The summed E-state index contributed by atoms with van der Waals surface area (Å²) in [5, 5.41) is 16.8. The minimum absolute atomic E-state index is 0.00340. The van der Waals surface area contributed by atoms with E-state index in [1.165, 1.54) is 24.3 Å². The lowest BCUT2D eigenvalue weighted by molar-refractivity contribution is -0.141. The van der Waals surface area contributed by atoms with Crippen molar-refractivity contribution in [2.45, 2.75) is 30.3 Å². The molecule has 1 heterocycles. The van der Waals surface area contributed by atoms with Gasteiger partial charge in [0.2, 0.25) is 5.91 Å². The fourth-order valence-electron chi connectivity index (χ4n) is 3.34. The van der Waals surface area contributed by atoms with Crippen LogP contribution in [-0.4, -0.2) is 55.1 Å². The minimum atomic E-state index is -4.74. The number of carboxylic acids is 2. The lowest BCUT2D eigenvalue weighted by atomic mass is 10.0. The quantitative estimate of drug-likeness (QED) is 0.420. The van der Waals surface area contributed by atoms with E-state index in [-0.39, 0.29) is 34.2 Å². The van der Waals surface area contributed by atoms with E-state index in [4.69, 9.17) is 32.9 Å². The molecule has 8 nitrogen and oxygen atoms in total. The number of halogens is 3. The van der Waals surface area contributed by atoms with Crippen molar-refractivity contribution in [3.8, 4) is 11.5 Å². The molecule has 0 saturated carbocycles. The van der Waals surface area contributed by atoms with E-state index >= 15 is 0 Å². The van der Waals surface area contributed by atoms with Gasteiger partial charge in [-0.05, 0) is 48.2 Å². The topological polar surface area (TPSA) is 130 Å². The van der Waals surface area contributed by atoms with Crippen LogP contribution >= 0.6 is 24.0 Å². The smallest absolute Gasteiger partial charge is 0.416 e. The van der Waals surface area contributed by atoms with E-state index in [1.54, 1.807) is 12.1 Å². The summed E-state index contributed by atoms with van der Waals surface area (Å²) in [6.45, 7) is -0.652. The Labute approximate surface area is 206 Å². The van der Waals surface area contributed by atoms with Crippen molar-refractivity contribution in [1.82, 2.24) is 4.90 Å². The predicted octanol–water partition coefficient (Wildman–Crippen LogP) is 3.31. The molecule has 13 heteroatoms. The Balaban J connectivity index is 1.77. The number of carbonyl (C=O) groups is 3. The molecule has 186 valence electrons. The molecule has 1 fully saturated rings. The Hall–Kier alpha value is -3.16. The average Bonchev–Trinajstić information content (AvgIpc) is 3.02. The highest BCUT2D eigenvalue weighted by molar-refractivity contribution is 8.24. The van der Waals surface area contributed by atoms with Gasteiger partial charge in [-0.15, -0.1) is 0 Å². The summed E-state index contributed by atoms with van der Waals surface area (Å²) >= 11 is 5.85. The number of hydrogen-bond donors (Lipinski definition) is 3. The van der Waals surface area contributed by atoms with Crippen LogP contribution in [0.3, 0.4) is 0 Å². The molecule has 3 rings (SSSR count). The zero-order chi connectivity index (χ0) is 25.9. The highest BCUT2D eigenvalue weighted by Crippen LogP contribution is 2.38. The number of hydrogen-bond acceptors (Lipinski definition) is 7. The second kappa shape index (κ2) is 10.6. The number of alkyl halides is 3. The van der Waals surface area contributed by atoms with Crippen LogP contribution < -0.4 is 10.5 Å². The first-order chi connectivity index (χ1) is 16.3. The molecule has 0 aliphatic carbocycles. The maximum atomic E-state index is 13.8. The zero-order valence-corrected chi connectivity index (χ0v) is 19.5. The third-order valence-corrected chi connectivity index (χ3v) is 6.61. The molecule has 1 aliphatic rings. The van der Waals surface area contributed by atoms with Crippen molar-refractivity contribution in [3.63, 3.8) is 0 Å². The number of ether oxygens (including phenoxy) is 1. The van der Waals surface area contributed by atoms with Gasteiger partial charge in [0.05, 0.1) is 10.8 Å². The Morgan fingerprint density at radius 3 is 2.34 bits per heavy atom. The van der Waals surface area contributed by atoms with Gasteiger partial charge in [-0.1, -0.05) is 42.2 Å². The van der Waals surface area contributed by atoms with E-state index in [0.717, 1.165) is 22.7 Å². The van der Waals surface area contributed by atoms with Crippen molar-refractivity contribution < 1.29 is 42.5 Å². The van der Waals surface area contributed by atoms with Gasteiger partial charge in [0.25, 0.3) is 0 Å². The van der Waals surface area contributed by atoms with Crippen LogP contribution in [0.1, 0.15) is 16.7 Å². The first-order valence-corrected chi connectivity index (χ1v) is 11.3. The van der Waals surface area contributed by atoms with Crippen molar-refractivity contribution in [1.29, 1.82) is 0 Å². The Bertz CT molecular complexity index is 1160. The van der Waals surface area contributed by atoms with Gasteiger partial charge >= 0.3 is 18.1 Å². The minimum Gasteiger partial charge on any atom is -0.480 e. The number of thiocarbonyl (C=S) groups is 1. The molecule has 0 bridgehead atoms. The number of nitrogens with zero attached hydrogens (tertiary/aromatic N) is 1. The molecule has 2 aromatic carbocycles. The lowest BCUT2D eigenvalue weighted by Crippen LogP contribution is -2.36. The lowest BCUT2D eigenvalue weighted by Gasteiger charge is -2.17. The van der Waals surface area contributed by atoms with Crippen LogP contribution in [0.15, 0.2) is 42.5 Å². The summed E-state index contributed by atoms with van der Waals surface area (Å²) in [7, 11) is 0. The Morgan fingerprint density at radius 1 is 1.14 bits per heavy atom. The molecule has 1 saturated heterocycles. The monoisotopic (exact) mass is 528 g/mol. The molecule has 2 aromatic rings. The van der Waals surface area contributed by atoms with Crippen LogP contribution in [0.25, 0.3) is 0 Å². The number of carboxylic acid groups (broad SMARTS) is 2. The summed E-state index contributed by atoms with van der Waals surface area (Å²) in [4.78, 5) is 35.1. The van der Waals surface area contributed by atoms with Gasteiger partial charge in [0.1, 0.15) is 28.4 Å². The van der Waals surface area contributed by atoms with Gasteiger partial charge < -0.3 is 20.7 Å². The van der Waals surface area contributed by atoms with E-state index in [0.29, 0.717) is 5.56 Å². The number of benzene rings is 2. The summed E-state index contributed by atoms with van der Waals surface area (Å²) in [6, 6.07) is 8.36. The molecular formula is C22H19F3N2O6S2. The third-order valence-electron chi connectivity index (χ3n) is 5.02. The number of carbonyl (C=O) groups excluding carboxylic acids is 1. The predicted molar refractivity (Wildman–Crippen MR) is 124 cm³/mol. The number of aliphatic carboxylic acids is 2. The van der Waals surface area contributed by atoms with Crippen LogP contribution in [0, 0.1) is 0 Å². The molecule has 1 amide bonds. The van der Waals surface area contributed by atoms with Gasteiger partial charge in [-0.25, -0.2) is 0 Å². The van der Waals surface area contributed by atoms with Crippen LogP contribution in [0.5, 0.6) is 11.5 Å². The maximum absolute atomic E-state index is 13.8. The van der Waals surface area contributed by atoms with Gasteiger partial charge in [-0.3, -0.25) is 19.3 Å². The summed E-state index contributed by atoms with van der Waals surface area (Å²) < 4.78 is 46.9. The van der Waals surface area contributed by atoms with Crippen LogP contribution in [0.4, 0.5) is 13.2 Å². The number of rotatable bonds is 9. The molecule has 0 spiro atoms. The fourth-order valence-corrected chi connectivity index (χ4v) is 4.86. The highest BCUT2D eigenvalue weighted by Gasteiger charge is 2.40. The van der Waals surface area contributed by atoms with E-state index in [9.17, 15) is 27.6 Å². The maximum Gasteiger partial charge on any atom is 0.416 e. The molecule has 1 aliphatic heterocycles. The Kier molecular flexibility index (Phi) is 8.03. The molecular weight excluding hydrogens is 509 g/mol. The molecule has 0 radical (unpaired) electrons. The normalized spacial score (nSPS) is 16.9. The van der Waals surface area contributed by atoms with Gasteiger partial charge in [0, 0.05) is 0 Å². The zero-order valence-electron chi connectivity index (χ0n) is 17.8. The fraction of sp³-hybridized carbons (Fsp3) is 0.273. The number of amides is 1. The largest absolute Gasteiger partial charge is 0.480 e. The highest BCUT2D eigenvalue weighted by atomic mass is 32.2. The second-order valence-electron chi connectivity index (χ2n) is 7.61. The third kappa shape index (κ3) is 6.71. The van der Waals surface area contributed by atoms with Crippen molar-refractivity contribution in [3.05, 3.63) is 59.2 Å². The SMILES string of the molecule is N[C@@H](Cc1ccc(Oc2ccc(CC3SC(=S)N(CC(=O)O)C3=O)c(C(F)(F)F)c2)cc1)C(=O)O. The van der Waals surface area contributed by atoms with Gasteiger partial charge in [-0.2, -0.15) is 13.2 Å². The van der Waals surface area contributed by atoms with Crippen molar-refractivity contribution in [2.75, 3.05) is 6.54 Å². The van der Waals surface area contributed by atoms with Crippen LogP contribution in [0.2, 0.25) is 0 Å². The van der Waals surface area contributed by atoms with Crippen LogP contribution in [-0.2, 0) is 33.4 Å². The summed E-state index contributed by atoms with van der Waals surface area (Å²) in [6.07, 6.45) is -4.96. The first-order valence-electron chi connectivity index (χ1n) is 10.0. The molecule has 1 unspecified atom stereocenters. The molecule has 2 atom stereocenters.